The van der Waals surface area contributed by atoms with Gasteiger partial charge in [-0.2, -0.15) is 0 Å². The van der Waals surface area contributed by atoms with Gasteiger partial charge in [0.25, 0.3) is 0 Å². The van der Waals surface area contributed by atoms with Crippen LogP contribution in [-0.2, 0) is 9.59 Å². The lowest BCUT2D eigenvalue weighted by Gasteiger charge is -2.35. The van der Waals surface area contributed by atoms with Gasteiger partial charge in [0, 0.05) is 22.3 Å². The van der Waals surface area contributed by atoms with Crippen molar-refractivity contribution in [2.24, 2.45) is 5.92 Å². The molecule has 0 bridgehead atoms. The van der Waals surface area contributed by atoms with Gasteiger partial charge >= 0.3 is 0 Å². The number of halogens is 3. The van der Waals surface area contributed by atoms with E-state index in [1.54, 1.807) is 24.3 Å². The molecule has 30 heavy (non-hydrogen) atoms. The highest BCUT2D eigenvalue weighted by atomic mass is 35.5. The average Bonchev–Trinajstić information content (AvgIpc) is 2.74. The summed E-state index contributed by atoms with van der Waals surface area (Å²) in [5.74, 6) is -1.22. The number of amides is 2. The summed E-state index contributed by atoms with van der Waals surface area (Å²) in [7, 11) is 0. The summed E-state index contributed by atoms with van der Waals surface area (Å²) in [6, 6.07) is 11.3. The third-order valence-corrected chi connectivity index (χ3v) is 6.21. The van der Waals surface area contributed by atoms with E-state index in [0.29, 0.717) is 22.2 Å². The van der Waals surface area contributed by atoms with Gasteiger partial charge in [-0.25, -0.2) is 4.39 Å². The molecule has 4 nitrogen and oxygen atoms in total. The summed E-state index contributed by atoms with van der Waals surface area (Å²) < 4.78 is 13.5. The van der Waals surface area contributed by atoms with Gasteiger partial charge in [-0.15, -0.1) is 11.6 Å². The Bertz CT molecular complexity index is 891. The Kier molecular flexibility index (Phi) is 7.73. The van der Waals surface area contributed by atoms with Crippen molar-refractivity contribution in [3.63, 3.8) is 0 Å². The monoisotopic (exact) mass is 450 g/mol. The van der Waals surface area contributed by atoms with Crippen LogP contribution >= 0.6 is 23.2 Å². The third-order valence-electron chi connectivity index (χ3n) is 5.63. The molecule has 1 N–H and O–H groups in total. The Balaban J connectivity index is 2.04. The zero-order valence-electron chi connectivity index (χ0n) is 16.8. The van der Waals surface area contributed by atoms with Crippen LogP contribution in [0.3, 0.4) is 0 Å². The lowest BCUT2D eigenvalue weighted by molar-refractivity contribution is -0.126. The fourth-order valence-corrected chi connectivity index (χ4v) is 4.36. The summed E-state index contributed by atoms with van der Waals surface area (Å²) in [6.07, 6.45) is 4.13. The molecule has 0 aliphatic heterocycles. The second kappa shape index (κ2) is 10.3. The molecular formula is C23H25Cl2FN2O2. The molecule has 1 aliphatic carbocycles. The van der Waals surface area contributed by atoms with Gasteiger partial charge < -0.3 is 5.32 Å². The second-order valence-corrected chi connectivity index (χ2v) is 8.35. The van der Waals surface area contributed by atoms with E-state index < -0.39 is 17.8 Å². The summed E-state index contributed by atoms with van der Waals surface area (Å²) >= 11 is 12.3. The van der Waals surface area contributed by atoms with Gasteiger partial charge in [-0.1, -0.05) is 49.6 Å². The minimum atomic E-state index is -1.02. The largest absolute Gasteiger partial charge is 0.351 e. The summed E-state index contributed by atoms with van der Waals surface area (Å²) in [4.78, 5) is 27.7. The molecule has 0 radical (unpaired) electrons. The molecule has 1 fully saturated rings. The number of hydrogen-bond donors (Lipinski definition) is 1. The molecule has 0 aromatic heterocycles. The van der Waals surface area contributed by atoms with E-state index >= 15 is 0 Å². The smallest absolute Gasteiger partial charge is 0.248 e. The van der Waals surface area contributed by atoms with Crippen molar-refractivity contribution < 1.29 is 14.0 Å². The molecule has 0 saturated heterocycles. The quantitative estimate of drug-likeness (QED) is 0.591. The Morgan fingerprint density at radius 1 is 1.13 bits per heavy atom. The molecule has 1 saturated carbocycles. The first-order valence-electron chi connectivity index (χ1n) is 10.1. The average molecular weight is 451 g/mol. The lowest BCUT2D eigenvalue weighted by atomic mass is 9.85. The minimum Gasteiger partial charge on any atom is -0.351 e. The number of benzene rings is 2. The summed E-state index contributed by atoms with van der Waals surface area (Å²) in [6.45, 7) is 2.12. The first kappa shape index (κ1) is 22.6. The molecule has 3 atom stereocenters. The van der Waals surface area contributed by atoms with Crippen molar-refractivity contribution in [3.05, 3.63) is 64.9 Å². The molecule has 0 unspecified atom stereocenters. The van der Waals surface area contributed by atoms with E-state index in [2.05, 4.69) is 12.2 Å². The van der Waals surface area contributed by atoms with Crippen LogP contribution in [0.2, 0.25) is 5.02 Å². The van der Waals surface area contributed by atoms with E-state index in [1.807, 2.05) is 0 Å². The van der Waals surface area contributed by atoms with Gasteiger partial charge in [0.15, 0.2) is 0 Å². The SMILES string of the molecule is C[C@@H]1CCCC[C@H]1NC(=O)[C@H](c1ccccc1Cl)N(C(=O)CCl)c1ccc(F)cc1. The van der Waals surface area contributed by atoms with E-state index in [9.17, 15) is 14.0 Å². The van der Waals surface area contributed by atoms with Crippen molar-refractivity contribution >= 4 is 40.7 Å². The van der Waals surface area contributed by atoms with Gasteiger partial charge in [-0.3, -0.25) is 14.5 Å². The molecule has 1 aliphatic rings. The van der Waals surface area contributed by atoms with Crippen LogP contribution in [0.4, 0.5) is 10.1 Å². The maximum Gasteiger partial charge on any atom is 0.248 e. The van der Waals surface area contributed by atoms with Crippen LogP contribution in [0.5, 0.6) is 0 Å². The van der Waals surface area contributed by atoms with Crippen LogP contribution in [0.25, 0.3) is 0 Å². The van der Waals surface area contributed by atoms with Gasteiger partial charge in [0.2, 0.25) is 11.8 Å². The highest BCUT2D eigenvalue weighted by Gasteiger charge is 2.35. The standard InChI is InChI=1S/C23H25Cl2FN2O2/c1-15-6-2-5-9-20(15)27-23(30)22(18-7-3-4-8-19(18)25)28(21(29)14-24)17-12-10-16(26)11-13-17/h3-4,7-8,10-13,15,20,22H,2,5-6,9,14H2,1H3,(H,27,30)/t15-,20-,22+/m1/s1. The number of nitrogens with zero attached hydrogens (tertiary/aromatic N) is 1. The van der Waals surface area contributed by atoms with E-state index in [-0.39, 0.29) is 17.8 Å². The maximum atomic E-state index is 13.5. The number of nitrogens with one attached hydrogen (secondary N) is 1. The van der Waals surface area contributed by atoms with Crippen LogP contribution < -0.4 is 10.2 Å². The van der Waals surface area contributed by atoms with Crippen molar-refractivity contribution in [2.45, 2.75) is 44.7 Å². The normalized spacial score (nSPS) is 19.7. The molecule has 0 spiro atoms. The van der Waals surface area contributed by atoms with Crippen molar-refractivity contribution in [1.29, 1.82) is 0 Å². The Hall–Kier alpha value is -2.11. The summed E-state index contributed by atoms with van der Waals surface area (Å²) in [5, 5.41) is 3.49. The number of anilines is 1. The molecule has 3 rings (SSSR count). The number of hydrogen-bond acceptors (Lipinski definition) is 2. The molecular weight excluding hydrogens is 426 g/mol. The second-order valence-electron chi connectivity index (χ2n) is 7.67. The van der Waals surface area contributed by atoms with Crippen molar-refractivity contribution in [2.75, 3.05) is 10.8 Å². The Morgan fingerprint density at radius 3 is 2.43 bits per heavy atom. The highest BCUT2D eigenvalue weighted by Crippen LogP contribution is 2.33. The molecule has 2 amide bonds. The Morgan fingerprint density at radius 2 is 1.80 bits per heavy atom. The number of rotatable bonds is 6. The molecule has 7 heteroatoms. The van der Waals surface area contributed by atoms with Gasteiger partial charge in [-0.05, 0) is 49.1 Å². The molecule has 2 aromatic carbocycles. The first-order valence-corrected chi connectivity index (χ1v) is 11.0. The van der Waals surface area contributed by atoms with Gasteiger partial charge in [0.05, 0.1) is 0 Å². The predicted molar refractivity (Wildman–Crippen MR) is 118 cm³/mol. The lowest BCUT2D eigenvalue weighted by Crippen LogP contribution is -2.49. The van der Waals surface area contributed by atoms with Crippen LogP contribution in [0.15, 0.2) is 48.5 Å². The Labute approximate surface area is 186 Å². The predicted octanol–water partition coefficient (Wildman–Crippen LogP) is 5.49. The third kappa shape index (κ3) is 5.13. The van der Waals surface area contributed by atoms with Crippen molar-refractivity contribution in [3.8, 4) is 0 Å². The molecule has 0 heterocycles. The number of carbonyl (C=O) groups excluding carboxylic acids is 2. The topological polar surface area (TPSA) is 49.4 Å². The molecule has 160 valence electrons. The minimum absolute atomic E-state index is 0.0254. The fraction of sp³-hybridized carbons (Fsp3) is 0.391. The van der Waals surface area contributed by atoms with Crippen molar-refractivity contribution in [1.82, 2.24) is 5.32 Å². The zero-order chi connectivity index (χ0) is 21.7. The maximum absolute atomic E-state index is 13.5. The number of alkyl halides is 1. The highest BCUT2D eigenvalue weighted by molar-refractivity contribution is 6.32. The van der Waals surface area contributed by atoms with Crippen LogP contribution in [0, 0.1) is 11.7 Å². The van der Waals surface area contributed by atoms with E-state index in [1.165, 1.54) is 29.2 Å². The van der Waals surface area contributed by atoms with E-state index in [0.717, 1.165) is 25.7 Å². The van der Waals surface area contributed by atoms with Gasteiger partial charge in [0.1, 0.15) is 17.7 Å². The fourth-order valence-electron chi connectivity index (χ4n) is 3.99. The summed E-state index contributed by atoms with van der Waals surface area (Å²) in [5.41, 5.74) is 0.863. The van der Waals surface area contributed by atoms with E-state index in [4.69, 9.17) is 23.2 Å². The van der Waals surface area contributed by atoms with Crippen LogP contribution in [0.1, 0.15) is 44.2 Å². The zero-order valence-corrected chi connectivity index (χ0v) is 18.3. The van der Waals surface area contributed by atoms with Crippen LogP contribution in [-0.4, -0.2) is 23.7 Å². The first-order chi connectivity index (χ1) is 14.4. The number of carbonyl (C=O) groups is 2. The molecule has 2 aromatic rings.